The summed E-state index contributed by atoms with van der Waals surface area (Å²) in [6, 6.07) is 9.79. The van der Waals surface area contributed by atoms with Gasteiger partial charge in [-0.05, 0) is 26.0 Å². The van der Waals surface area contributed by atoms with Gasteiger partial charge in [0.1, 0.15) is 0 Å². The molecule has 0 saturated carbocycles. The third-order valence-electron chi connectivity index (χ3n) is 2.45. The molecule has 0 unspecified atom stereocenters. The van der Waals surface area contributed by atoms with Crippen LogP contribution in [0.4, 0.5) is 5.69 Å². The van der Waals surface area contributed by atoms with Crippen LogP contribution in [0.1, 0.15) is 13.8 Å². The molecule has 68 valence electrons. The van der Waals surface area contributed by atoms with Crippen LogP contribution >= 0.6 is 0 Å². The van der Waals surface area contributed by atoms with Crippen LogP contribution in [0.3, 0.4) is 0 Å². The maximum Gasteiger partial charge on any atom is 0.234 e. The van der Waals surface area contributed by atoms with E-state index in [-0.39, 0.29) is 11.3 Å². The summed E-state index contributed by atoms with van der Waals surface area (Å²) in [7, 11) is 0. The number of anilines is 1. The maximum absolute atomic E-state index is 11.6. The number of amides is 1. The zero-order valence-electron chi connectivity index (χ0n) is 7.95. The van der Waals surface area contributed by atoms with E-state index in [1.54, 1.807) is 0 Å². The van der Waals surface area contributed by atoms with Crippen LogP contribution in [-0.2, 0) is 4.79 Å². The topological polar surface area (TPSA) is 20.3 Å². The van der Waals surface area contributed by atoms with Gasteiger partial charge in [-0.25, -0.2) is 0 Å². The van der Waals surface area contributed by atoms with Crippen LogP contribution in [-0.4, -0.2) is 12.5 Å². The van der Waals surface area contributed by atoms with Gasteiger partial charge in [-0.15, -0.1) is 0 Å². The maximum atomic E-state index is 11.6. The molecule has 1 saturated heterocycles. The molecule has 0 atom stereocenters. The molecule has 1 heterocycles. The van der Waals surface area contributed by atoms with Gasteiger partial charge in [-0.1, -0.05) is 18.2 Å². The Morgan fingerprint density at radius 2 is 1.85 bits per heavy atom. The number of rotatable bonds is 1. The van der Waals surface area contributed by atoms with Crippen LogP contribution < -0.4 is 4.90 Å². The molecule has 0 radical (unpaired) electrons. The van der Waals surface area contributed by atoms with E-state index in [2.05, 4.69) is 0 Å². The first-order valence-corrected chi connectivity index (χ1v) is 4.48. The Hall–Kier alpha value is -1.31. The third-order valence-corrected chi connectivity index (χ3v) is 2.45. The largest absolute Gasteiger partial charge is 0.311 e. The van der Waals surface area contributed by atoms with Gasteiger partial charge in [-0.2, -0.15) is 0 Å². The van der Waals surface area contributed by atoms with E-state index in [1.807, 2.05) is 49.1 Å². The summed E-state index contributed by atoms with van der Waals surface area (Å²) in [4.78, 5) is 13.4. The van der Waals surface area contributed by atoms with Crippen molar-refractivity contribution in [2.45, 2.75) is 13.8 Å². The van der Waals surface area contributed by atoms with E-state index >= 15 is 0 Å². The van der Waals surface area contributed by atoms with E-state index in [0.29, 0.717) is 0 Å². The molecule has 0 N–H and O–H groups in total. The van der Waals surface area contributed by atoms with Crippen molar-refractivity contribution >= 4 is 11.6 Å². The molecule has 1 aliphatic rings. The van der Waals surface area contributed by atoms with Gasteiger partial charge >= 0.3 is 0 Å². The summed E-state index contributed by atoms with van der Waals surface area (Å²) < 4.78 is 0. The molecule has 0 aliphatic carbocycles. The number of carbonyl (C=O) groups excluding carboxylic acids is 1. The average molecular weight is 175 g/mol. The van der Waals surface area contributed by atoms with Crippen LogP contribution in [0.25, 0.3) is 0 Å². The number of para-hydroxylation sites is 1. The first-order chi connectivity index (χ1) is 6.11. The van der Waals surface area contributed by atoms with E-state index in [4.69, 9.17) is 0 Å². The number of benzene rings is 1. The van der Waals surface area contributed by atoms with E-state index in [1.165, 1.54) is 0 Å². The van der Waals surface area contributed by atoms with Crippen molar-refractivity contribution in [1.29, 1.82) is 0 Å². The minimum Gasteiger partial charge on any atom is -0.311 e. The van der Waals surface area contributed by atoms with Crippen molar-refractivity contribution in [3.8, 4) is 0 Å². The van der Waals surface area contributed by atoms with Gasteiger partial charge in [0.15, 0.2) is 0 Å². The fourth-order valence-corrected chi connectivity index (χ4v) is 1.63. The Kier molecular flexibility index (Phi) is 1.65. The van der Waals surface area contributed by atoms with Crippen LogP contribution in [0.5, 0.6) is 0 Å². The Balaban J connectivity index is 2.20. The molecule has 2 heteroatoms. The second-order valence-corrected chi connectivity index (χ2v) is 4.11. The minimum absolute atomic E-state index is 0.157. The molecule has 1 fully saturated rings. The lowest BCUT2D eigenvalue weighted by molar-refractivity contribution is -0.132. The highest BCUT2D eigenvalue weighted by Crippen LogP contribution is 2.34. The zero-order valence-corrected chi connectivity index (χ0v) is 7.95. The number of β-lactam (4-membered cyclic amide) rings is 1. The smallest absolute Gasteiger partial charge is 0.234 e. The normalized spacial score (nSPS) is 19.8. The lowest BCUT2D eigenvalue weighted by atomic mass is 9.83. The van der Waals surface area contributed by atoms with Crippen molar-refractivity contribution in [2.24, 2.45) is 5.41 Å². The van der Waals surface area contributed by atoms with Gasteiger partial charge in [-0.3, -0.25) is 4.79 Å². The highest BCUT2D eigenvalue weighted by Gasteiger charge is 2.44. The first-order valence-electron chi connectivity index (χ1n) is 4.48. The highest BCUT2D eigenvalue weighted by molar-refractivity contribution is 6.03. The second-order valence-electron chi connectivity index (χ2n) is 4.11. The Morgan fingerprint density at radius 3 is 2.31 bits per heavy atom. The predicted octanol–water partition coefficient (Wildman–Crippen LogP) is 2.06. The summed E-state index contributed by atoms with van der Waals surface area (Å²) in [5, 5.41) is 0. The molecule has 1 aromatic carbocycles. The fraction of sp³-hybridized carbons (Fsp3) is 0.364. The standard InChI is InChI=1S/C11H13NO/c1-11(2)8-12(10(11)13)9-6-4-3-5-7-9/h3-7H,8H2,1-2H3. The molecule has 0 bridgehead atoms. The van der Waals surface area contributed by atoms with Crippen molar-refractivity contribution < 1.29 is 4.79 Å². The number of nitrogens with zero attached hydrogens (tertiary/aromatic N) is 1. The molecular weight excluding hydrogens is 162 g/mol. The molecule has 2 nitrogen and oxygen atoms in total. The first kappa shape index (κ1) is 8.30. The van der Waals surface area contributed by atoms with Gasteiger partial charge < -0.3 is 4.90 Å². The molecule has 1 aliphatic heterocycles. The van der Waals surface area contributed by atoms with Gasteiger partial charge in [0, 0.05) is 12.2 Å². The number of hydrogen-bond donors (Lipinski definition) is 0. The molecule has 0 spiro atoms. The number of hydrogen-bond acceptors (Lipinski definition) is 1. The van der Waals surface area contributed by atoms with Crippen molar-refractivity contribution in [2.75, 3.05) is 11.4 Å². The van der Waals surface area contributed by atoms with Gasteiger partial charge in [0.2, 0.25) is 5.91 Å². The summed E-state index contributed by atoms with van der Waals surface area (Å²) in [5.41, 5.74) is 0.849. The molecule has 0 aromatic heterocycles. The fourth-order valence-electron chi connectivity index (χ4n) is 1.63. The van der Waals surface area contributed by atoms with Crippen molar-refractivity contribution in [3.63, 3.8) is 0 Å². The molecule has 13 heavy (non-hydrogen) atoms. The quantitative estimate of drug-likeness (QED) is 0.598. The summed E-state index contributed by atoms with van der Waals surface area (Å²) in [6.45, 7) is 4.79. The second kappa shape index (κ2) is 2.59. The zero-order chi connectivity index (χ0) is 9.47. The number of carbonyl (C=O) groups is 1. The minimum atomic E-state index is -0.157. The van der Waals surface area contributed by atoms with Crippen LogP contribution in [0, 0.1) is 5.41 Å². The Labute approximate surface area is 78.2 Å². The predicted molar refractivity (Wildman–Crippen MR) is 52.6 cm³/mol. The van der Waals surface area contributed by atoms with E-state index in [0.717, 1.165) is 12.2 Å². The Morgan fingerprint density at radius 1 is 1.23 bits per heavy atom. The van der Waals surface area contributed by atoms with Crippen molar-refractivity contribution in [1.82, 2.24) is 0 Å². The van der Waals surface area contributed by atoms with E-state index in [9.17, 15) is 4.79 Å². The molecule has 2 rings (SSSR count). The molecule has 1 amide bonds. The van der Waals surface area contributed by atoms with E-state index < -0.39 is 0 Å². The summed E-state index contributed by atoms with van der Waals surface area (Å²) in [5.74, 6) is 0.221. The molecular formula is C11H13NO. The van der Waals surface area contributed by atoms with Crippen LogP contribution in [0.15, 0.2) is 30.3 Å². The van der Waals surface area contributed by atoms with Gasteiger partial charge in [0.05, 0.1) is 5.41 Å². The lowest BCUT2D eigenvalue weighted by Crippen LogP contribution is -2.58. The SMILES string of the molecule is CC1(C)CN(c2ccccc2)C1=O. The highest BCUT2D eigenvalue weighted by atomic mass is 16.2. The lowest BCUT2D eigenvalue weighted by Gasteiger charge is -2.44. The Bertz CT molecular complexity index is 329. The summed E-state index contributed by atoms with van der Waals surface area (Å²) in [6.07, 6.45) is 0. The van der Waals surface area contributed by atoms with Crippen molar-refractivity contribution in [3.05, 3.63) is 30.3 Å². The average Bonchev–Trinajstić information content (AvgIpc) is 2.15. The van der Waals surface area contributed by atoms with Crippen LogP contribution in [0.2, 0.25) is 0 Å². The third kappa shape index (κ3) is 1.22. The monoisotopic (exact) mass is 175 g/mol. The molecule has 1 aromatic rings. The van der Waals surface area contributed by atoms with Gasteiger partial charge in [0.25, 0.3) is 0 Å². The summed E-state index contributed by atoms with van der Waals surface area (Å²) >= 11 is 0.